The number of carbonyl (C=O) groups is 2. The molecule has 0 saturated heterocycles. The number of hydrogen-bond acceptors (Lipinski definition) is 5. The second-order valence-electron chi connectivity index (χ2n) is 8.80. The first-order valence-electron chi connectivity index (χ1n) is 10.9. The van der Waals surface area contributed by atoms with E-state index in [1.807, 2.05) is 27.7 Å². The van der Waals surface area contributed by atoms with Gasteiger partial charge in [-0.2, -0.15) is 0 Å². The lowest BCUT2D eigenvalue weighted by Gasteiger charge is -2.26. The van der Waals surface area contributed by atoms with Crippen molar-refractivity contribution in [2.24, 2.45) is 11.8 Å². The Labute approximate surface area is 197 Å². The molecule has 0 fully saturated rings. The molecule has 0 saturated carbocycles. The summed E-state index contributed by atoms with van der Waals surface area (Å²) < 4.78 is 1.26. The van der Waals surface area contributed by atoms with Crippen LogP contribution in [0.15, 0.2) is 33.9 Å². The van der Waals surface area contributed by atoms with Gasteiger partial charge < -0.3 is 16.0 Å². The zero-order valence-electron chi connectivity index (χ0n) is 19.5. The van der Waals surface area contributed by atoms with E-state index in [-0.39, 0.29) is 48.6 Å². The predicted octanol–water partition coefficient (Wildman–Crippen LogP) is 2.51. The number of hydrogen-bond donors (Lipinski definition) is 3. The molecule has 4 N–H and O–H groups in total. The average molecular weight is 478 g/mol. The summed E-state index contributed by atoms with van der Waals surface area (Å²) in [5.74, 6) is -0.648. The molecule has 2 rings (SSSR count). The van der Waals surface area contributed by atoms with E-state index in [9.17, 15) is 19.2 Å². The lowest BCUT2D eigenvalue weighted by atomic mass is 10.1. The van der Waals surface area contributed by atoms with E-state index in [4.69, 9.17) is 17.3 Å². The molecule has 0 bridgehead atoms. The van der Waals surface area contributed by atoms with Gasteiger partial charge in [-0.3, -0.25) is 23.9 Å². The lowest BCUT2D eigenvalue weighted by molar-refractivity contribution is -0.125. The van der Waals surface area contributed by atoms with E-state index in [2.05, 4.69) is 10.3 Å². The fourth-order valence-corrected chi connectivity index (χ4v) is 3.44. The molecule has 180 valence electrons. The van der Waals surface area contributed by atoms with Crippen LogP contribution in [0.25, 0.3) is 0 Å². The van der Waals surface area contributed by atoms with Crippen molar-refractivity contribution in [3.8, 4) is 0 Å². The smallest absolute Gasteiger partial charge is 0.330 e. The second-order valence-corrected chi connectivity index (χ2v) is 9.24. The monoisotopic (exact) mass is 477 g/mol. The summed E-state index contributed by atoms with van der Waals surface area (Å²) >= 11 is 5.86. The maximum absolute atomic E-state index is 13.1. The van der Waals surface area contributed by atoms with Gasteiger partial charge in [0.15, 0.2) is 5.69 Å². The number of anilines is 2. The molecule has 0 radical (unpaired) electrons. The van der Waals surface area contributed by atoms with Gasteiger partial charge in [0.25, 0.3) is 5.56 Å². The first kappa shape index (κ1) is 26.2. The highest BCUT2D eigenvalue weighted by Gasteiger charge is 2.25. The van der Waals surface area contributed by atoms with Crippen molar-refractivity contribution in [1.29, 1.82) is 0 Å². The van der Waals surface area contributed by atoms with Gasteiger partial charge in [0.1, 0.15) is 5.82 Å². The summed E-state index contributed by atoms with van der Waals surface area (Å²) in [5, 5.41) is 3.37. The molecule has 1 aromatic heterocycles. The van der Waals surface area contributed by atoms with E-state index in [0.29, 0.717) is 18.1 Å². The van der Waals surface area contributed by atoms with Crippen molar-refractivity contribution in [1.82, 2.24) is 14.9 Å². The van der Waals surface area contributed by atoms with Crippen LogP contribution in [0.2, 0.25) is 5.02 Å². The van der Waals surface area contributed by atoms with Crippen LogP contribution in [0.4, 0.5) is 11.5 Å². The Bertz CT molecular complexity index is 1090. The van der Waals surface area contributed by atoms with Crippen molar-refractivity contribution < 1.29 is 9.59 Å². The number of rotatable bonds is 10. The van der Waals surface area contributed by atoms with Crippen LogP contribution in [0.3, 0.4) is 0 Å². The van der Waals surface area contributed by atoms with E-state index in [0.717, 1.165) is 5.56 Å². The topological polar surface area (TPSA) is 130 Å². The summed E-state index contributed by atoms with van der Waals surface area (Å²) in [6.45, 7) is 8.45. The summed E-state index contributed by atoms with van der Waals surface area (Å²) in [4.78, 5) is 53.7. The van der Waals surface area contributed by atoms with Crippen molar-refractivity contribution in [3.05, 3.63) is 55.7 Å². The van der Waals surface area contributed by atoms with Crippen LogP contribution >= 0.6 is 11.6 Å². The van der Waals surface area contributed by atoms with E-state index in [1.165, 1.54) is 9.47 Å². The largest absolute Gasteiger partial charge is 0.383 e. The molecule has 0 atom stereocenters. The summed E-state index contributed by atoms with van der Waals surface area (Å²) in [6.07, 6.45) is -0.161. The SMILES string of the molecule is CC(C)CN(C(=O)CCC(=O)NCc1ccc(Cl)cc1)c1c(N)n(CC(C)C)c(=O)[nH]c1=O. The van der Waals surface area contributed by atoms with Gasteiger partial charge in [0.2, 0.25) is 11.8 Å². The predicted molar refractivity (Wildman–Crippen MR) is 130 cm³/mol. The van der Waals surface area contributed by atoms with Gasteiger partial charge in [-0.1, -0.05) is 51.4 Å². The molecule has 2 amide bonds. The quantitative estimate of drug-likeness (QED) is 0.484. The minimum atomic E-state index is -0.723. The summed E-state index contributed by atoms with van der Waals surface area (Å²) in [7, 11) is 0. The third-order valence-corrected chi connectivity index (χ3v) is 5.10. The van der Waals surface area contributed by atoms with E-state index < -0.39 is 17.2 Å². The maximum atomic E-state index is 13.1. The van der Waals surface area contributed by atoms with Crippen LogP contribution in [-0.4, -0.2) is 27.9 Å². The molecule has 33 heavy (non-hydrogen) atoms. The number of nitrogens with one attached hydrogen (secondary N) is 2. The van der Waals surface area contributed by atoms with Gasteiger partial charge in [-0.15, -0.1) is 0 Å². The Hall–Kier alpha value is -3.07. The first-order valence-corrected chi connectivity index (χ1v) is 11.3. The fourth-order valence-electron chi connectivity index (χ4n) is 3.31. The zero-order valence-corrected chi connectivity index (χ0v) is 20.2. The second kappa shape index (κ2) is 11.7. The Morgan fingerprint density at radius 2 is 1.73 bits per heavy atom. The highest BCUT2D eigenvalue weighted by atomic mass is 35.5. The average Bonchev–Trinajstić information content (AvgIpc) is 2.73. The molecule has 1 heterocycles. The summed E-state index contributed by atoms with van der Waals surface area (Å²) in [6, 6.07) is 7.08. The number of aromatic nitrogens is 2. The molecule has 0 aliphatic carbocycles. The number of aromatic amines is 1. The Kier molecular flexibility index (Phi) is 9.28. The Morgan fingerprint density at radius 1 is 1.09 bits per heavy atom. The van der Waals surface area contributed by atoms with Crippen LogP contribution in [-0.2, 0) is 22.7 Å². The van der Waals surface area contributed by atoms with Crippen molar-refractivity contribution >= 4 is 34.9 Å². The minimum Gasteiger partial charge on any atom is -0.383 e. The number of benzene rings is 1. The molecule has 0 aliphatic heterocycles. The molecule has 0 spiro atoms. The highest BCUT2D eigenvalue weighted by Crippen LogP contribution is 2.20. The van der Waals surface area contributed by atoms with Crippen molar-refractivity contribution in [2.75, 3.05) is 17.2 Å². The molecule has 0 unspecified atom stereocenters. The number of nitrogen functional groups attached to an aromatic ring is 1. The number of nitrogens with zero attached hydrogens (tertiary/aromatic N) is 2. The highest BCUT2D eigenvalue weighted by molar-refractivity contribution is 6.30. The fraction of sp³-hybridized carbons (Fsp3) is 0.478. The molecular weight excluding hydrogens is 446 g/mol. The third kappa shape index (κ3) is 7.49. The molecule has 2 aromatic rings. The zero-order chi connectivity index (χ0) is 24.7. The van der Waals surface area contributed by atoms with Gasteiger partial charge in [-0.25, -0.2) is 4.79 Å². The number of H-pyrrole nitrogens is 1. The minimum absolute atomic E-state index is 0.0250. The standard InChI is InChI=1S/C23H32ClN5O4/c1-14(2)12-28(20-21(25)29(13-15(3)4)23(33)27-22(20)32)19(31)10-9-18(30)26-11-16-5-7-17(24)8-6-16/h5-8,14-15H,9-13,25H2,1-4H3,(H,26,30)(H,27,32,33). The van der Waals surface area contributed by atoms with Crippen LogP contribution in [0.1, 0.15) is 46.1 Å². The summed E-state index contributed by atoms with van der Waals surface area (Å²) in [5.41, 5.74) is 5.67. The molecule has 1 aromatic carbocycles. The first-order chi connectivity index (χ1) is 15.5. The van der Waals surface area contributed by atoms with Crippen molar-refractivity contribution in [2.45, 2.75) is 53.6 Å². The van der Waals surface area contributed by atoms with Crippen LogP contribution in [0, 0.1) is 11.8 Å². The number of nitrogens with two attached hydrogens (primary N) is 1. The van der Waals surface area contributed by atoms with Gasteiger partial charge >= 0.3 is 5.69 Å². The van der Waals surface area contributed by atoms with Crippen LogP contribution in [0.5, 0.6) is 0 Å². The van der Waals surface area contributed by atoms with Gasteiger partial charge in [0.05, 0.1) is 0 Å². The van der Waals surface area contributed by atoms with Gasteiger partial charge in [-0.05, 0) is 29.5 Å². The molecule has 10 heteroatoms. The Balaban J connectivity index is 2.17. The Morgan fingerprint density at radius 3 is 2.30 bits per heavy atom. The lowest BCUT2D eigenvalue weighted by Crippen LogP contribution is -2.43. The van der Waals surface area contributed by atoms with E-state index in [1.54, 1.807) is 24.3 Å². The maximum Gasteiger partial charge on any atom is 0.330 e. The van der Waals surface area contributed by atoms with E-state index >= 15 is 0 Å². The molecular formula is C23H32ClN5O4. The van der Waals surface area contributed by atoms with Crippen LogP contribution < -0.4 is 27.2 Å². The molecule has 0 aliphatic rings. The molecule has 9 nitrogen and oxygen atoms in total. The normalized spacial score (nSPS) is 11.1. The van der Waals surface area contributed by atoms with Crippen molar-refractivity contribution in [3.63, 3.8) is 0 Å². The number of amides is 2. The number of carbonyl (C=O) groups excluding carboxylic acids is 2. The van der Waals surface area contributed by atoms with Gasteiger partial charge in [0, 0.05) is 37.5 Å². The number of halogens is 1. The third-order valence-electron chi connectivity index (χ3n) is 4.85.